The molecular formula is C25H35N7O3S. The monoisotopic (exact) mass is 513 g/mol. The van der Waals surface area contributed by atoms with Crippen molar-refractivity contribution in [3.8, 4) is 5.88 Å². The van der Waals surface area contributed by atoms with Crippen molar-refractivity contribution in [2.75, 3.05) is 57.4 Å². The third kappa shape index (κ3) is 6.13. The molecule has 2 aliphatic rings. The molecule has 1 saturated heterocycles. The maximum Gasteiger partial charge on any atom is 0.245 e. The van der Waals surface area contributed by atoms with Gasteiger partial charge >= 0.3 is 0 Å². The number of aromatic nitrogens is 4. The van der Waals surface area contributed by atoms with E-state index in [1.54, 1.807) is 30.6 Å². The minimum atomic E-state index is -3.36. The highest BCUT2D eigenvalue weighted by atomic mass is 32.2. The first-order valence-corrected chi connectivity index (χ1v) is 14.5. The van der Waals surface area contributed by atoms with Crippen LogP contribution in [0.4, 0.5) is 11.6 Å². The van der Waals surface area contributed by atoms with Crippen molar-refractivity contribution in [3.05, 3.63) is 30.6 Å². The maximum absolute atomic E-state index is 12.9. The molecule has 1 aromatic carbocycles. The smallest absolute Gasteiger partial charge is 0.245 e. The lowest BCUT2D eigenvalue weighted by molar-refractivity contribution is 0.161. The molecule has 0 radical (unpaired) electrons. The Morgan fingerprint density at radius 1 is 1.06 bits per heavy atom. The van der Waals surface area contributed by atoms with Crippen LogP contribution in [-0.2, 0) is 9.84 Å². The Labute approximate surface area is 212 Å². The number of hydrogen-bond acceptors (Lipinski definition) is 9. The van der Waals surface area contributed by atoms with Gasteiger partial charge < -0.3 is 19.9 Å². The number of imidazole rings is 1. The van der Waals surface area contributed by atoms with Crippen molar-refractivity contribution in [2.24, 2.45) is 5.92 Å². The Morgan fingerprint density at radius 3 is 2.56 bits per heavy atom. The van der Waals surface area contributed by atoms with E-state index in [4.69, 9.17) is 4.74 Å². The van der Waals surface area contributed by atoms with Gasteiger partial charge in [-0.15, -0.1) is 0 Å². The molecule has 1 saturated carbocycles. The van der Waals surface area contributed by atoms with Crippen LogP contribution in [0.5, 0.6) is 5.88 Å². The van der Waals surface area contributed by atoms with Crippen LogP contribution in [0.15, 0.2) is 35.5 Å². The summed E-state index contributed by atoms with van der Waals surface area (Å²) in [6.45, 7) is 4.94. The minimum Gasteiger partial charge on any atom is -0.476 e. The molecule has 36 heavy (non-hydrogen) atoms. The van der Waals surface area contributed by atoms with Crippen molar-refractivity contribution in [2.45, 2.75) is 37.0 Å². The van der Waals surface area contributed by atoms with Gasteiger partial charge in [0.2, 0.25) is 11.8 Å². The highest BCUT2D eigenvalue weighted by Gasteiger charge is 2.20. The lowest BCUT2D eigenvalue weighted by atomic mass is 9.90. The Hall–Kier alpha value is -2.76. The second-order valence-corrected chi connectivity index (χ2v) is 12.0. The summed E-state index contributed by atoms with van der Waals surface area (Å²) in [5.74, 6) is 1.51. The Morgan fingerprint density at radius 2 is 1.81 bits per heavy atom. The van der Waals surface area contributed by atoms with Crippen molar-refractivity contribution < 1.29 is 13.2 Å². The van der Waals surface area contributed by atoms with Gasteiger partial charge in [0.25, 0.3) is 0 Å². The number of H-pyrrole nitrogens is 1. The number of benzene rings is 1. The predicted molar refractivity (Wildman–Crippen MR) is 139 cm³/mol. The summed E-state index contributed by atoms with van der Waals surface area (Å²) < 4.78 is 31.8. The zero-order chi connectivity index (χ0) is 25.0. The van der Waals surface area contributed by atoms with E-state index < -0.39 is 9.84 Å². The Balaban J connectivity index is 1.23. The highest BCUT2D eigenvalue weighted by Crippen LogP contribution is 2.27. The summed E-state index contributed by atoms with van der Waals surface area (Å²) in [5.41, 5.74) is 1.90. The topological polar surface area (TPSA) is 116 Å². The highest BCUT2D eigenvalue weighted by molar-refractivity contribution is 7.91. The molecule has 2 aromatic heterocycles. The van der Waals surface area contributed by atoms with E-state index in [-0.39, 0.29) is 5.75 Å². The molecule has 2 fully saturated rings. The average Bonchev–Trinajstić information content (AvgIpc) is 3.37. The molecule has 3 heterocycles. The second kappa shape index (κ2) is 11.1. The van der Waals surface area contributed by atoms with Gasteiger partial charge in [0.05, 0.1) is 23.6 Å². The molecule has 0 bridgehead atoms. The molecule has 0 unspecified atom stereocenters. The minimum absolute atomic E-state index is 0.115. The van der Waals surface area contributed by atoms with E-state index in [0.717, 1.165) is 26.2 Å². The number of nitrogens with zero attached hydrogens (tertiary/aromatic N) is 5. The molecule has 1 aliphatic heterocycles. The summed E-state index contributed by atoms with van der Waals surface area (Å²) in [6.07, 6.45) is 7.77. The number of hydrogen-bond donors (Lipinski definition) is 2. The molecule has 10 nitrogen and oxygen atoms in total. The van der Waals surface area contributed by atoms with E-state index in [2.05, 4.69) is 42.1 Å². The van der Waals surface area contributed by atoms with Crippen molar-refractivity contribution >= 4 is 32.6 Å². The number of rotatable bonds is 9. The van der Waals surface area contributed by atoms with E-state index >= 15 is 0 Å². The summed E-state index contributed by atoms with van der Waals surface area (Å²) >= 11 is 0. The quantitative estimate of drug-likeness (QED) is 0.445. The fraction of sp³-hybridized carbons (Fsp3) is 0.560. The molecule has 11 heteroatoms. The Bertz CT molecular complexity index is 1250. The Kier molecular flexibility index (Phi) is 7.68. The number of fused-ring (bicyclic) bond motifs is 1. The fourth-order valence-corrected chi connectivity index (χ4v) is 6.12. The number of likely N-dealkylation sites (N-methyl/N-ethyl adjacent to an activating group) is 1. The predicted octanol–water partition coefficient (Wildman–Crippen LogP) is 3.08. The largest absolute Gasteiger partial charge is 0.476 e. The molecule has 5 rings (SSSR count). The standard InChI is InChI=1S/C25H35N7O3S/c1-31-11-13-32(14-12-31)15-16-36(33,34)21-9-7-20(8-10-21)28-25-29-23-22(26-18-27-23)24(30-25)35-17-19-5-3-2-4-6-19/h7-10,18-19H,2-6,11-17H2,1H3,(H2,26,27,28,29,30). The molecule has 0 amide bonds. The van der Waals surface area contributed by atoms with Gasteiger partial charge in [0.1, 0.15) is 5.52 Å². The van der Waals surface area contributed by atoms with E-state index in [1.165, 1.54) is 32.1 Å². The maximum atomic E-state index is 12.9. The van der Waals surface area contributed by atoms with Crippen LogP contribution in [-0.4, -0.2) is 90.3 Å². The number of piperazine rings is 1. The van der Waals surface area contributed by atoms with Crippen molar-refractivity contribution in [3.63, 3.8) is 0 Å². The van der Waals surface area contributed by atoms with Gasteiger partial charge in [0.15, 0.2) is 15.5 Å². The van der Waals surface area contributed by atoms with Gasteiger partial charge in [-0.2, -0.15) is 9.97 Å². The third-order valence-electron chi connectivity index (χ3n) is 7.17. The SMILES string of the molecule is CN1CCN(CCS(=O)(=O)c2ccc(Nc3nc(OCC4CCCCC4)c4[nH]cnc4n3)cc2)CC1. The molecule has 2 N–H and O–H groups in total. The lowest BCUT2D eigenvalue weighted by Gasteiger charge is -2.32. The van der Waals surface area contributed by atoms with Gasteiger partial charge in [-0.25, -0.2) is 13.4 Å². The third-order valence-corrected chi connectivity index (χ3v) is 8.89. The van der Waals surface area contributed by atoms with Crippen LogP contribution in [0.2, 0.25) is 0 Å². The van der Waals surface area contributed by atoms with Gasteiger partial charge in [-0.1, -0.05) is 19.3 Å². The van der Waals surface area contributed by atoms with Crippen molar-refractivity contribution in [1.82, 2.24) is 29.7 Å². The second-order valence-electron chi connectivity index (χ2n) is 9.88. The first-order valence-electron chi connectivity index (χ1n) is 12.8. The molecule has 3 aromatic rings. The zero-order valence-corrected chi connectivity index (χ0v) is 21.6. The molecule has 0 spiro atoms. The van der Waals surface area contributed by atoms with Crippen LogP contribution < -0.4 is 10.1 Å². The number of sulfone groups is 1. The van der Waals surface area contributed by atoms with Crippen LogP contribution in [0.25, 0.3) is 11.2 Å². The summed E-state index contributed by atoms with van der Waals surface area (Å²) in [5, 5.41) is 3.17. The van der Waals surface area contributed by atoms with Crippen LogP contribution in [0, 0.1) is 5.92 Å². The normalized spacial score (nSPS) is 18.5. The first kappa shape index (κ1) is 24.9. The van der Waals surface area contributed by atoms with Gasteiger partial charge in [0, 0.05) is 38.4 Å². The summed E-state index contributed by atoms with van der Waals surface area (Å²) in [6, 6.07) is 6.75. The van der Waals surface area contributed by atoms with Crippen LogP contribution >= 0.6 is 0 Å². The van der Waals surface area contributed by atoms with Gasteiger partial charge in [-0.3, -0.25) is 4.90 Å². The summed E-state index contributed by atoms with van der Waals surface area (Å²) in [4.78, 5) is 21.2. The lowest BCUT2D eigenvalue weighted by Crippen LogP contribution is -2.45. The zero-order valence-electron chi connectivity index (χ0n) is 20.8. The average molecular weight is 514 g/mol. The fourth-order valence-electron chi connectivity index (χ4n) is 4.83. The molecular weight excluding hydrogens is 478 g/mol. The number of ether oxygens (including phenoxy) is 1. The first-order chi connectivity index (χ1) is 17.5. The molecule has 1 aliphatic carbocycles. The van der Waals surface area contributed by atoms with E-state index in [0.29, 0.717) is 52.6 Å². The number of anilines is 2. The van der Waals surface area contributed by atoms with Crippen LogP contribution in [0.3, 0.4) is 0 Å². The van der Waals surface area contributed by atoms with Crippen molar-refractivity contribution in [1.29, 1.82) is 0 Å². The molecule has 194 valence electrons. The van der Waals surface area contributed by atoms with E-state index in [9.17, 15) is 8.42 Å². The summed E-state index contributed by atoms with van der Waals surface area (Å²) in [7, 11) is -1.27. The van der Waals surface area contributed by atoms with Gasteiger partial charge in [-0.05, 0) is 50.1 Å². The number of aromatic amines is 1. The number of nitrogens with one attached hydrogen (secondary N) is 2. The molecule has 0 atom stereocenters. The van der Waals surface area contributed by atoms with E-state index in [1.807, 2.05) is 0 Å². The van der Waals surface area contributed by atoms with Crippen LogP contribution in [0.1, 0.15) is 32.1 Å².